The van der Waals surface area contributed by atoms with E-state index in [1.807, 2.05) is 12.1 Å². The van der Waals surface area contributed by atoms with Gasteiger partial charge in [0.25, 0.3) is 5.91 Å². The van der Waals surface area contributed by atoms with E-state index in [9.17, 15) is 9.18 Å². The molecule has 0 atom stereocenters. The molecule has 0 saturated carbocycles. The molecule has 3 rings (SSSR count). The molecular formula is C19H17FN2O3S. The first kappa shape index (κ1) is 17.9. The molecule has 0 unspecified atom stereocenters. The number of hydrogen-bond acceptors (Lipinski definition) is 4. The molecule has 1 aliphatic heterocycles. The van der Waals surface area contributed by atoms with Crippen LogP contribution in [0.2, 0.25) is 0 Å². The van der Waals surface area contributed by atoms with Gasteiger partial charge in [-0.15, -0.1) is 0 Å². The lowest BCUT2D eigenvalue weighted by Crippen LogP contribution is -2.25. The molecule has 1 aliphatic rings. The molecule has 1 amide bonds. The monoisotopic (exact) mass is 372 g/mol. The number of ether oxygens (including phenoxy) is 2. The molecule has 2 aromatic rings. The topological polar surface area (TPSA) is 50.8 Å². The van der Waals surface area contributed by atoms with Crippen molar-refractivity contribution in [3.8, 4) is 11.5 Å². The van der Waals surface area contributed by atoms with Gasteiger partial charge in [0, 0.05) is 12.6 Å². The summed E-state index contributed by atoms with van der Waals surface area (Å²) >= 11 is 5.06. The van der Waals surface area contributed by atoms with Gasteiger partial charge in [-0.3, -0.25) is 9.69 Å². The van der Waals surface area contributed by atoms with Crippen molar-refractivity contribution in [2.24, 2.45) is 0 Å². The van der Waals surface area contributed by atoms with E-state index in [0.29, 0.717) is 16.6 Å². The highest BCUT2D eigenvalue weighted by Gasteiger charge is 2.26. The summed E-state index contributed by atoms with van der Waals surface area (Å²) in [5.41, 5.74) is 1.89. The molecule has 26 heavy (non-hydrogen) atoms. The van der Waals surface area contributed by atoms with Crippen LogP contribution in [-0.4, -0.2) is 30.1 Å². The van der Waals surface area contributed by atoms with Gasteiger partial charge in [0.1, 0.15) is 18.1 Å². The maximum absolute atomic E-state index is 13.7. The van der Waals surface area contributed by atoms with Crippen LogP contribution in [0.3, 0.4) is 0 Å². The summed E-state index contributed by atoms with van der Waals surface area (Å²) in [4.78, 5) is 13.5. The van der Waals surface area contributed by atoms with E-state index in [1.54, 1.807) is 44.5 Å². The van der Waals surface area contributed by atoms with Crippen molar-refractivity contribution in [3.05, 3.63) is 65.1 Å². The number of carbonyl (C=O) groups excluding carboxylic acids is 1. The third kappa shape index (κ3) is 3.67. The zero-order valence-corrected chi connectivity index (χ0v) is 15.1. The first-order valence-electron chi connectivity index (χ1n) is 7.84. The number of nitrogens with one attached hydrogen (secondary N) is 1. The molecule has 0 aromatic heterocycles. The molecule has 0 radical (unpaired) electrons. The number of halogens is 1. The van der Waals surface area contributed by atoms with E-state index in [4.69, 9.17) is 21.7 Å². The van der Waals surface area contributed by atoms with E-state index in [0.717, 1.165) is 11.1 Å². The highest BCUT2D eigenvalue weighted by Crippen LogP contribution is 2.25. The summed E-state index contributed by atoms with van der Waals surface area (Å²) in [6, 6.07) is 11.6. The van der Waals surface area contributed by atoms with Crippen LogP contribution < -0.4 is 14.8 Å². The van der Waals surface area contributed by atoms with E-state index < -0.39 is 5.82 Å². The molecular weight excluding hydrogens is 355 g/mol. The first-order valence-corrected chi connectivity index (χ1v) is 8.25. The third-order valence-electron chi connectivity index (χ3n) is 3.92. The van der Waals surface area contributed by atoms with Crippen molar-refractivity contribution < 1.29 is 18.7 Å². The van der Waals surface area contributed by atoms with Gasteiger partial charge in [0.15, 0.2) is 16.7 Å². The molecule has 1 N–H and O–H groups in total. The van der Waals surface area contributed by atoms with Crippen LogP contribution in [0.1, 0.15) is 11.1 Å². The van der Waals surface area contributed by atoms with Gasteiger partial charge in [-0.1, -0.05) is 18.2 Å². The van der Waals surface area contributed by atoms with Gasteiger partial charge in [-0.25, -0.2) is 4.39 Å². The Morgan fingerprint density at radius 2 is 2.00 bits per heavy atom. The number of likely N-dealkylation sites (N-methyl/N-ethyl adjacent to an activating group) is 1. The number of para-hydroxylation sites is 1. The lowest BCUT2D eigenvalue weighted by atomic mass is 10.1. The van der Waals surface area contributed by atoms with Crippen LogP contribution in [0.4, 0.5) is 4.39 Å². The molecule has 1 saturated heterocycles. The first-order chi connectivity index (χ1) is 12.5. The molecule has 5 nitrogen and oxygen atoms in total. The number of carbonyl (C=O) groups is 1. The fourth-order valence-electron chi connectivity index (χ4n) is 2.51. The summed E-state index contributed by atoms with van der Waals surface area (Å²) in [6.45, 7) is 0.126. The van der Waals surface area contributed by atoms with Gasteiger partial charge in [-0.2, -0.15) is 0 Å². The molecule has 1 fully saturated rings. The number of thiocarbonyl (C=S) groups is 1. The van der Waals surface area contributed by atoms with Gasteiger partial charge in [0.05, 0.1) is 7.11 Å². The summed E-state index contributed by atoms with van der Waals surface area (Å²) < 4.78 is 24.6. The number of hydrogen-bond donors (Lipinski definition) is 1. The second-order valence-electron chi connectivity index (χ2n) is 5.64. The minimum Gasteiger partial charge on any atom is -0.496 e. The van der Waals surface area contributed by atoms with Crippen LogP contribution in [0.15, 0.2) is 48.2 Å². The number of amides is 1. The molecule has 134 valence electrons. The predicted octanol–water partition coefficient (Wildman–Crippen LogP) is 3.10. The zero-order chi connectivity index (χ0) is 18.7. The molecule has 0 aliphatic carbocycles. The van der Waals surface area contributed by atoms with Crippen molar-refractivity contribution in [1.29, 1.82) is 0 Å². The highest BCUT2D eigenvalue weighted by molar-refractivity contribution is 7.80. The predicted molar refractivity (Wildman–Crippen MR) is 100 cm³/mol. The van der Waals surface area contributed by atoms with E-state index in [2.05, 4.69) is 5.32 Å². The Bertz CT molecular complexity index is 898. The minimum absolute atomic E-state index is 0.126. The van der Waals surface area contributed by atoms with E-state index in [-0.39, 0.29) is 18.3 Å². The maximum Gasteiger partial charge on any atom is 0.276 e. The lowest BCUT2D eigenvalue weighted by Gasteiger charge is -2.12. The minimum atomic E-state index is -0.429. The van der Waals surface area contributed by atoms with Crippen LogP contribution >= 0.6 is 12.2 Å². The number of rotatable bonds is 5. The Balaban J connectivity index is 1.84. The van der Waals surface area contributed by atoms with Crippen LogP contribution in [0, 0.1) is 5.82 Å². The number of benzene rings is 2. The number of nitrogens with zero attached hydrogens (tertiary/aromatic N) is 1. The van der Waals surface area contributed by atoms with Crippen molar-refractivity contribution in [3.63, 3.8) is 0 Å². The average molecular weight is 372 g/mol. The highest BCUT2D eigenvalue weighted by atomic mass is 32.1. The molecule has 2 aromatic carbocycles. The Hall–Kier alpha value is -2.93. The van der Waals surface area contributed by atoms with E-state index in [1.165, 1.54) is 11.0 Å². The summed E-state index contributed by atoms with van der Waals surface area (Å²) in [7, 11) is 3.16. The Kier molecular flexibility index (Phi) is 5.18. The molecule has 0 bridgehead atoms. The zero-order valence-electron chi connectivity index (χ0n) is 14.3. The number of methoxy groups -OCH3 is 1. The van der Waals surface area contributed by atoms with Crippen LogP contribution in [-0.2, 0) is 11.4 Å². The third-order valence-corrected chi connectivity index (χ3v) is 4.29. The second kappa shape index (κ2) is 7.53. The van der Waals surface area contributed by atoms with Crippen LogP contribution in [0.25, 0.3) is 6.08 Å². The van der Waals surface area contributed by atoms with Gasteiger partial charge >= 0.3 is 0 Å². The van der Waals surface area contributed by atoms with Crippen molar-refractivity contribution in [2.45, 2.75) is 6.61 Å². The maximum atomic E-state index is 13.7. The Morgan fingerprint density at radius 1 is 1.23 bits per heavy atom. The van der Waals surface area contributed by atoms with Crippen molar-refractivity contribution >= 4 is 29.3 Å². The molecule has 7 heteroatoms. The van der Waals surface area contributed by atoms with Gasteiger partial charge in [-0.05, 0) is 48.1 Å². The summed E-state index contributed by atoms with van der Waals surface area (Å²) in [5, 5.41) is 3.23. The molecule has 1 heterocycles. The smallest absolute Gasteiger partial charge is 0.276 e. The summed E-state index contributed by atoms with van der Waals surface area (Å²) in [5.74, 6) is 0.150. The fraction of sp³-hybridized carbons (Fsp3) is 0.158. The second-order valence-corrected chi connectivity index (χ2v) is 6.03. The Labute approximate surface area is 156 Å². The van der Waals surface area contributed by atoms with E-state index >= 15 is 0 Å². The van der Waals surface area contributed by atoms with Crippen molar-refractivity contribution in [1.82, 2.24) is 10.2 Å². The summed E-state index contributed by atoms with van der Waals surface area (Å²) in [6.07, 6.45) is 1.70. The van der Waals surface area contributed by atoms with Gasteiger partial charge in [0.2, 0.25) is 0 Å². The largest absolute Gasteiger partial charge is 0.496 e. The SMILES string of the molecule is COc1ccc(/C=C2/NC(=S)N(C)C2=O)cc1COc1ccccc1F. The Morgan fingerprint density at radius 3 is 2.65 bits per heavy atom. The fourth-order valence-corrected chi connectivity index (χ4v) is 2.70. The quantitative estimate of drug-likeness (QED) is 0.646. The molecule has 0 spiro atoms. The lowest BCUT2D eigenvalue weighted by molar-refractivity contribution is -0.121. The van der Waals surface area contributed by atoms with Crippen LogP contribution in [0.5, 0.6) is 11.5 Å². The average Bonchev–Trinajstić information content (AvgIpc) is 2.88. The van der Waals surface area contributed by atoms with Crippen molar-refractivity contribution in [2.75, 3.05) is 14.2 Å². The standard InChI is InChI=1S/C19H17FN2O3S/c1-22-18(23)15(21-19(22)26)10-12-7-8-16(24-2)13(9-12)11-25-17-6-4-3-5-14(17)20/h3-10H,11H2,1-2H3,(H,21,26)/b15-10+. The normalized spacial score (nSPS) is 15.3. The van der Waals surface area contributed by atoms with Gasteiger partial charge < -0.3 is 14.8 Å².